The lowest BCUT2D eigenvalue weighted by atomic mass is 10.1. The van der Waals surface area contributed by atoms with Gasteiger partial charge in [-0.15, -0.1) is 5.10 Å². The topological polar surface area (TPSA) is 120 Å². The molecule has 0 spiro atoms. The Bertz CT molecular complexity index is 1600. The van der Waals surface area contributed by atoms with E-state index in [2.05, 4.69) is 20.1 Å². The fraction of sp³-hybridized carbons (Fsp3) is 0.462. The second-order valence-electron chi connectivity index (χ2n) is 10.5. The van der Waals surface area contributed by atoms with Gasteiger partial charge in [-0.05, 0) is 13.0 Å². The number of aromatic nitrogens is 5. The van der Waals surface area contributed by atoms with Gasteiger partial charge in [-0.2, -0.15) is 26.3 Å². The number of H-pyrrole nitrogens is 1. The molecule has 2 aliphatic heterocycles. The first-order valence-corrected chi connectivity index (χ1v) is 13.5. The van der Waals surface area contributed by atoms with Gasteiger partial charge in [-0.3, -0.25) is 14.6 Å². The molecule has 2 fully saturated rings. The molecule has 0 aromatic carbocycles. The molecular weight excluding hydrogens is 624 g/mol. The predicted molar refractivity (Wildman–Crippen MR) is 140 cm³/mol. The first kappa shape index (κ1) is 31.8. The molecule has 0 radical (unpaired) electrons. The number of piperazine rings is 1. The number of halogens is 8. The number of rotatable bonds is 5. The maximum absolute atomic E-state index is 13.9. The molecule has 3 aromatic heterocycles. The zero-order valence-corrected chi connectivity index (χ0v) is 23.3. The molecule has 5 rings (SSSR count). The van der Waals surface area contributed by atoms with Gasteiger partial charge in [0, 0.05) is 63.9 Å². The summed E-state index contributed by atoms with van der Waals surface area (Å²) in [4.78, 5) is 40.8. The highest BCUT2D eigenvalue weighted by Gasteiger charge is 2.43. The van der Waals surface area contributed by atoms with E-state index in [0.717, 1.165) is 23.4 Å². The van der Waals surface area contributed by atoms with Gasteiger partial charge in [0.2, 0.25) is 0 Å². The van der Waals surface area contributed by atoms with Crippen LogP contribution in [0.4, 0.5) is 46.6 Å². The molecule has 45 heavy (non-hydrogen) atoms. The smallest absolute Gasteiger partial charge is 0.434 e. The van der Waals surface area contributed by atoms with Crippen LogP contribution in [0.2, 0.25) is 0 Å². The maximum atomic E-state index is 13.9. The average Bonchev–Trinajstić information content (AvgIpc) is 2.97. The van der Waals surface area contributed by atoms with E-state index in [1.807, 2.05) is 0 Å². The lowest BCUT2D eigenvalue weighted by Gasteiger charge is -2.40. The van der Waals surface area contributed by atoms with Crippen LogP contribution >= 0.6 is 0 Å². The summed E-state index contributed by atoms with van der Waals surface area (Å²) in [6, 6.07) is 1.99. The lowest BCUT2D eigenvalue weighted by molar-refractivity contribution is -0.141. The van der Waals surface area contributed by atoms with Crippen molar-refractivity contribution in [3.8, 4) is 11.6 Å². The summed E-state index contributed by atoms with van der Waals surface area (Å²) in [7, 11) is 0. The van der Waals surface area contributed by atoms with Crippen molar-refractivity contribution in [3.05, 3.63) is 58.0 Å². The van der Waals surface area contributed by atoms with E-state index in [4.69, 9.17) is 4.74 Å². The van der Waals surface area contributed by atoms with Crippen molar-refractivity contribution in [2.24, 2.45) is 0 Å². The molecule has 2 saturated heterocycles. The van der Waals surface area contributed by atoms with E-state index in [0.29, 0.717) is 6.20 Å². The van der Waals surface area contributed by atoms with Crippen molar-refractivity contribution in [3.63, 3.8) is 0 Å². The van der Waals surface area contributed by atoms with Gasteiger partial charge in [0.15, 0.2) is 11.3 Å². The van der Waals surface area contributed by atoms with Crippen LogP contribution in [0.15, 0.2) is 35.5 Å². The minimum atomic E-state index is -5.17. The second-order valence-corrected chi connectivity index (χ2v) is 10.5. The molecule has 2 aliphatic rings. The summed E-state index contributed by atoms with van der Waals surface area (Å²) in [6.45, 7) is 1.17. The van der Waals surface area contributed by atoms with Crippen molar-refractivity contribution in [1.82, 2.24) is 30.0 Å². The number of nitrogens with one attached hydrogen (secondary N) is 1. The van der Waals surface area contributed by atoms with Crippen molar-refractivity contribution < 1.29 is 44.7 Å². The number of hydrogen-bond acceptors (Lipinski definition) is 9. The Morgan fingerprint density at radius 3 is 2.31 bits per heavy atom. The molecule has 0 aliphatic carbocycles. The van der Waals surface area contributed by atoms with Crippen LogP contribution in [0.5, 0.6) is 11.6 Å². The number of pyridine rings is 1. The van der Waals surface area contributed by atoms with Crippen LogP contribution in [0.25, 0.3) is 0 Å². The highest BCUT2D eigenvalue weighted by molar-refractivity contribution is 5.93. The number of piperidine rings is 1. The number of carbonyl (C=O) groups is 1. The number of nitrogens with zero attached hydrogens (tertiary/aromatic N) is 7. The van der Waals surface area contributed by atoms with Gasteiger partial charge in [-0.25, -0.2) is 23.8 Å². The zero-order chi connectivity index (χ0) is 32.7. The van der Waals surface area contributed by atoms with E-state index in [-0.39, 0.29) is 36.9 Å². The number of ether oxygens (including phenoxy) is 1. The Balaban J connectivity index is 1.34. The molecule has 1 N–H and O–H groups in total. The van der Waals surface area contributed by atoms with Crippen LogP contribution in [-0.2, 0) is 12.4 Å². The Kier molecular flexibility index (Phi) is 8.30. The molecule has 0 bridgehead atoms. The van der Waals surface area contributed by atoms with Gasteiger partial charge in [-0.1, -0.05) is 0 Å². The van der Waals surface area contributed by atoms with E-state index < -0.39 is 84.5 Å². The molecule has 1 amide bonds. The fourth-order valence-corrected chi connectivity index (χ4v) is 5.07. The van der Waals surface area contributed by atoms with Gasteiger partial charge in [0.25, 0.3) is 23.3 Å². The summed E-state index contributed by atoms with van der Waals surface area (Å²) >= 11 is 0. The molecule has 242 valence electrons. The Morgan fingerprint density at radius 2 is 1.71 bits per heavy atom. The number of anilines is 2. The molecule has 3 aromatic rings. The number of aromatic amines is 1. The van der Waals surface area contributed by atoms with E-state index >= 15 is 0 Å². The molecule has 0 saturated carbocycles. The van der Waals surface area contributed by atoms with Crippen LogP contribution in [0.3, 0.4) is 0 Å². The third-order valence-electron chi connectivity index (χ3n) is 7.32. The van der Waals surface area contributed by atoms with Crippen molar-refractivity contribution in [2.75, 3.05) is 42.5 Å². The number of carbonyl (C=O) groups excluding carboxylic acids is 1. The summed E-state index contributed by atoms with van der Waals surface area (Å²) in [5, 5.41) is 5.33. The second kappa shape index (κ2) is 11.7. The quantitative estimate of drug-likeness (QED) is 0.402. The predicted octanol–water partition coefficient (Wildman–Crippen LogP) is 4.37. The summed E-state index contributed by atoms with van der Waals surface area (Å²) in [6.07, 6.45) is -8.53. The van der Waals surface area contributed by atoms with Gasteiger partial charge in [0.05, 0.1) is 12.4 Å². The Hall–Kier alpha value is -4.58. The minimum Gasteiger partial charge on any atom is -0.436 e. The average molecular weight is 649 g/mol. The van der Waals surface area contributed by atoms with Crippen molar-refractivity contribution in [2.45, 2.75) is 44.1 Å². The SMILES string of the molecule is C[C@@H]1CN(C(=O)c2cc(Oc3n[nH]c(=O)c(C(F)(F)F)c3N3CCC(F)(F)CC3)ccn2)CCN1c1cnc(C(F)(F)F)cn1. The Morgan fingerprint density at radius 1 is 1.00 bits per heavy atom. The fourth-order valence-electron chi connectivity index (χ4n) is 5.07. The standard InChI is InChI=1S/C26H24F8N8O3/c1-14-13-41(8-9-42(14)18-12-36-17(11-37-18)25(29,30)31)23(44)16-10-15(2-5-35-16)45-22-20(40-6-3-24(27,28)4-7-40)19(26(32,33)34)21(43)38-39-22/h2,5,10-12,14H,3-4,6-9,13H2,1H3,(H,38,43)/t14-/m1/s1. The largest absolute Gasteiger partial charge is 0.436 e. The van der Waals surface area contributed by atoms with Crippen LogP contribution in [-0.4, -0.2) is 80.6 Å². The lowest BCUT2D eigenvalue weighted by Crippen LogP contribution is -2.54. The maximum Gasteiger partial charge on any atom is 0.434 e. The highest BCUT2D eigenvalue weighted by atomic mass is 19.4. The normalized spacial score (nSPS) is 19.0. The molecular formula is C26H24F8N8O3. The van der Waals surface area contributed by atoms with Crippen LogP contribution in [0.1, 0.15) is 41.5 Å². The summed E-state index contributed by atoms with van der Waals surface area (Å²) in [5.74, 6) is -4.35. The third-order valence-corrected chi connectivity index (χ3v) is 7.32. The first-order chi connectivity index (χ1) is 21.0. The van der Waals surface area contributed by atoms with Gasteiger partial charge in [0.1, 0.15) is 22.9 Å². The minimum absolute atomic E-state index is 0.120. The van der Waals surface area contributed by atoms with Crippen molar-refractivity contribution >= 4 is 17.4 Å². The monoisotopic (exact) mass is 648 g/mol. The molecule has 19 heteroatoms. The highest BCUT2D eigenvalue weighted by Crippen LogP contribution is 2.42. The molecule has 1 atom stereocenters. The van der Waals surface area contributed by atoms with Crippen molar-refractivity contribution in [1.29, 1.82) is 0 Å². The molecule has 5 heterocycles. The number of alkyl halides is 8. The van der Waals surface area contributed by atoms with E-state index in [1.54, 1.807) is 16.9 Å². The van der Waals surface area contributed by atoms with Crippen LogP contribution < -0.4 is 20.1 Å². The number of amides is 1. The van der Waals surface area contributed by atoms with Gasteiger partial charge >= 0.3 is 12.4 Å². The molecule has 11 nitrogen and oxygen atoms in total. The summed E-state index contributed by atoms with van der Waals surface area (Å²) < 4.78 is 113. The van der Waals surface area contributed by atoms with E-state index in [1.165, 1.54) is 11.0 Å². The van der Waals surface area contributed by atoms with Crippen LogP contribution in [0, 0.1) is 0 Å². The first-order valence-electron chi connectivity index (χ1n) is 13.5. The van der Waals surface area contributed by atoms with Gasteiger partial charge < -0.3 is 19.4 Å². The zero-order valence-electron chi connectivity index (χ0n) is 23.3. The molecule has 0 unspecified atom stereocenters. The Labute approximate surface area is 248 Å². The van der Waals surface area contributed by atoms with E-state index in [9.17, 15) is 44.7 Å². The third kappa shape index (κ3) is 6.90. The summed E-state index contributed by atoms with van der Waals surface area (Å²) in [5.41, 5.74) is -5.34. The number of hydrogen-bond donors (Lipinski definition) is 1.